The number of likely N-dealkylation sites (tertiary alicyclic amines) is 1. The van der Waals surface area contributed by atoms with Gasteiger partial charge in [-0.15, -0.1) is 0 Å². The maximum absolute atomic E-state index is 6.47. The Labute approximate surface area is 223 Å². The molecule has 192 valence electrons. The number of imidazole rings is 1. The molecule has 2 aromatic carbocycles. The van der Waals surface area contributed by atoms with Crippen LogP contribution in [-0.2, 0) is 0 Å². The van der Waals surface area contributed by atoms with E-state index >= 15 is 0 Å². The second kappa shape index (κ2) is 9.84. The van der Waals surface area contributed by atoms with Crippen LogP contribution in [0.5, 0.6) is 0 Å². The van der Waals surface area contributed by atoms with Gasteiger partial charge in [-0.2, -0.15) is 0 Å². The molecule has 2 aliphatic rings. The van der Waals surface area contributed by atoms with E-state index in [0.29, 0.717) is 11.7 Å². The number of hydrogen-bond acceptors (Lipinski definition) is 5. The van der Waals surface area contributed by atoms with Gasteiger partial charge in [0, 0.05) is 41.4 Å². The molecule has 6 heteroatoms. The maximum Gasteiger partial charge on any atom is 0.150 e. The third-order valence-corrected chi connectivity index (χ3v) is 8.57. The van der Waals surface area contributed by atoms with Gasteiger partial charge in [0.05, 0.1) is 11.2 Å². The lowest BCUT2D eigenvalue weighted by Gasteiger charge is -2.30. The number of benzene rings is 2. The Morgan fingerprint density at radius 1 is 0.842 bits per heavy atom. The minimum absolute atomic E-state index is 0.441. The van der Waals surface area contributed by atoms with Crippen molar-refractivity contribution < 1.29 is 0 Å². The van der Waals surface area contributed by atoms with Crippen molar-refractivity contribution in [1.82, 2.24) is 24.3 Å². The van der Waals surface area contributed by atoms with Crippen LogP contribution in [0.4, 0.5) is 5.82 Å². The van der Waals surface area contributed by atoms with Gasteiger partial charge < -0.3 is 10.6 Å². The molecule has 0 atom stereocenters. The molecule has 0 radical (unpaired) electrons. The molecule has 6 nitrogen and oxygen atoms in total. The molecule has 1 aliphatic heterocycles. The van der Waals surface area contributed by atoms with E-state index in [2.05, 4.69) is 56.7 Å². The van der Waals surface area contributed by atoms with Crippen LogP contribution >= 0.6 is 0 Å². The molecule has 1 saturated heterocycles. The lowest BCUT2D eigenvalue weighted by atomic mass is 9.81. The Hall–Kier alpha value is -3.77. The SMILES string of the molecule is Nc1nccn2c1c(-c1ccc3ccc(-c4ccccc4)nc3c1)nc2[C@H]1CC[C@H](CN2CCCC2)CC1. The molecule has 1 aliphatic carbocycles. The van der Waals surface area contributed by atoms with Crippen molar-refractivity contribution in [3.05, 3.63) is 78.9 Å². The van der Waals surface area contributed by atoms with Crippen LogP contribution < -0.4 is 5.73 Å². The summed E-state index contributed by atoms with van der Waals surface area (Å²) in [5, 5.41) is 1.11. The highest BCUT2D eigenvalue weighted by molar-refractivity contribution is 5.91. The summed E-state index contributed by atoms with van der Waals surface area (Å²) in [6.07, 6.45) is 11.5. The van der Waals surface area contributed by atoms with E-state index in [1.54, 1.807) is 6.20 Å². The summed E-state index contributed by atoms with van der Waals surface area (Å²) in [5.74, 6) is 2.90. The van der Waals surface area contributed by atoms with Gasteiger partial charge in [0.2, 0.25) is 0 Å². The normalized spacial score (nSPS) is 20.4. The largest absolute Gasteiger partial charge is 0.382 e. The van der Waals surface area contributed by atoms with Crippen LogP contribution in [-0.4, -0.2) is 43.9 Å². The van der Waals surface area contributed by atoms with Gasteiger partial charge in [-0.1, -0.05) is 48.5 Å². The van der Waals surface area contributed by atoms with Gasteiger partial charge in [0.25, 0.3) is 0 Å². The molecule has 0 unspecified atom stereocenters. The Balaban J connectivity index is 1.23. The lowest BCUT2D eigenvalue weighted by Crippen LogP contribution is -2.29. The monoisotopic (exact) mass is 502 g/mol. The second-order valence-electron chi connectivity index (χ2n) is 11.0. The summed E-state index contributed by atoms with van der Waals surface area (Å²) < 4.78 is 2.20. The summed E-state index contributed by atoms with van der Waals surface area (Å²) in [6.45, 7) is 3.84. The summed E-state index contributed by atoms with van der Waals surface area (Å²) >= 11 is 0. The Morgan fingerprint density at radius 2 is 1.63 bits per heavy atom. The van der Waals surface area contributed by atoms with Gasteiger partial charge >= 0.3 is 0 Å². The Morgan fingerprint density at radius 3 is 2.45 bits per heavy atom. The number of anilines is 1. The van der Waals surface area contributed by atoms with E-state index in [1.807, 2.05) is 24.4 Å². The highest BCUT2D eigenvalue weighted by Gasteiger charge is 2.29. The van der Waals surface area contributed by atoms with Crippen LogP contribution in [0.1, 0.15) is 50.3 Å². The first-order chi connectivity index (χ1) is 18.7. The first kappa shape index (κ1) is 23.4. The van der Waals surface area contributed by atoms with Crippen LogP contribution in [0, 0.1) is 5.92 Å². The van der Waals surface area contributed by atoms with E-state index in [-0.39, 0.29) is 0 Å². The fourth-order valence-corrected chi connectivity index (χ4v) is 6.54. The molecule has 4 heterocycles. The fourth-order valence-electron chi connectivity index (χ4n) is 6.54. The lowest BCUT2D eigenvalue weighted by molar-refractivity contribution is 0.221. The van der Waals surface area contributed by atoms with E-state index in [0.717, 1.165) is 50.7 Å². The molecular formula is C32H34N6. The third kappa shape index (κ3) is 4.33. The number of aromatic nitrogens is 4. The summed E-state index contributed by atoms with van der Waals surface area (Å²) in [5.41, 5.74) is 12.3. The average molecular weight is 503 g/mol. The zero-order valence-corrected chi connectivity index (χ0v) is 21.8. The molecule has 38 heavy (non-hydrogen) atoms. The topological polar surface area (TPSA) is 72.3 Å². The standard InChI is InChI=1S/C32H34N6/c33-31-30-29(26-13-12-24-14-15-27(35-28(24)20-26)23-6-2-1-3-7-23)36-32(38(30)19-16-34-31)25-10-8-22(9-11-25)21-37-17-4-5-18-37/h1-3,6-7,12-16,19-20,22,25H,4-5,8-11,17-18,21H2,(H2,33,34)/t22-,25-. The molecule has 2 N–H and O–H groups in total. The molecule has 7 rings (SSSR count). The van der Waals surface area contributed by atoms with E-state index in [9.17, 15) is 0 Å². The molecular weight excluding hydrogens is 468 g/mol. The number of nitrogens with zero attached hydrogens (tertiary/aromatic N) is 5. The van der Waals surface area contributed by atoms with E-state index in [4.69, 9.17) is 15.7 Å². The van der Waals surface area contributed by atoms with Crippen LogP contribution in [0.15, 0.2) is 73.1 Å². The molecule has 1 saturated carbocycles. The predicted molar refractivity (Wildman–Crippen MR) is 154 cm³/mol. The van der Waals surface area contributed by atoms with Crippen molar-refractivity contribution in [2.75, 3.05) is 25.4 Å². The first-order valence-corrected chi connectivity index (χ1v) is 14.0. The van der Waals surface area contributed by atoms with Crippen molar-refractivity contribution in [1.29, 1.82) is 0 Å². The van der Waals surface area contributed by atoms with Crippen LogP contribution in [0.25, 0.3) is 38.9 Å². The van der Waals surface area contributed by atoms with Gasteiger partial charge in [0.1, 0.15) is 22.9 Å². The van der Waals surface area contributed by atoms with Crippen LogP contribution in [0.2, 0.25) is 0 Å². The molecule has 2 fully saturated rings. The van der Waals surface area contributed by atoms with E-state index < -0.39 is 0 Å². The van der Waals surface area contributed by atoms with Crippen molar-refractivity contribution in [2.45, 2.75) is 44.4 Å². The predicted octanol–water partition coefficient (Wildman–Crippen LogP) is 6.56. The smallest absolute Gasteiger partial charge is 0.150 e. The Kier molecular flexibility index (Phi) is 6.05. The highest BCUT2D eigenvalue weighted by Crippen LogP contribution is 2.39. The molecule has 3 aromatic heterocycles. The second-order valence-corrected chi connectivity index (χ2v) is 11.0. The van der Waals surface area contributed by atoms with Gasteiger partial charge in [-0.25, -0.2) is 15.0 Å². The number of fused-ring (bicyclic) bond motifs is 2. The number of pyridine rings is 1. The minimum Gasteiger partial charge on any atom is -0.382 e. The Bertz CT molecular complexity index is 1580. The zero-order chi connectivity index (χ0) is 25.5. The third-order valence-electron chi connectivity index (χ3n) is 8.57. The summed E-state index contributed by atoms with van der Waals surface area (Å²) in [4.78, 5) is 17.4. The zero-order valence-electron chi connectivity index (χ0n) is 21.8. The molecule has 0 bridgehead atoms. The number of rotatable bonds is 5. The summed E-state index contributed by atoms with van der Waals surface area (Å²) in [6, 6.07) is 21.0. The quantitative estimate of drug-likeness (QED) is 0.295. The highest BCUT2D eigenvalue weighted by atomic mass is 15.1. The maximum atomic E-state index is 6.47. The van der Waals surface area contributed by atoms with Gasteiger partial charge in [0.15, 0.2) is 0 Å². The van der Waals surface area contributed by atoms with Gasteiger partial charge in [-0.3, -0.25) is 4.40 Å². The van der Waals surface area contributed by atoms with Gasteiger partial charge in [-0.05, 0) is 69.7 Å². The van der Waals surface area contributed by atoms with Crippen molar-refractivity contribution in [3.63, 3.8) is 0 Å². The number of nitrogens with two attached hydrogens (primary N) is 1. The minimum atomic E-state index is 0.441. The number of hydrogen-bond donors (Lipinski definition) is 1. The molecule has 0 spiro atoms. The average Bonchev–Trinajstić information content (AvgIpc) is 3.62. The van der Waals surface area contributed by atoms with E-state index in [1.165, 1.54) is 58.2 Å². The van der Waals surface area contributed by atoms with Crippen molar-refractivity contribution in [2.24, 2.45) is 5.92 Å². The molecule has 5 aromatic rings. The summed E-state index contributed by atoms with van der Waals surface area (Å²) in [7, 11) is 0. The van der Waals surface area contributed by atoms with Crippen molar-refractivity contribution in [3.8, 4) is 22.5 Å². The van der Waals surface area contributed by atoms with Crippen molar-refractivity contribution >= 4 is 22.2 Å². The number of nitrogen functional groups attached to an aromatic ring is 1. The fraction of sp³-hybridized carbons (Fsp3) is 0.344. The first-order valence-electron chi connectivity index (χ1n) is 14.0. The molecule has 0 amide bonds. The van der Waals surface area contributed by atoms with Crippen LogP contribution in [0.3, 0.4) is 0 Å².